The van der Waals surface area contributed by atoms with E-state index in [0.717, 1.165) is 18.7 Å². The predicted molar refractivity (Wildman–Crippen MR) is 55.9 cm³/mol. The smallest absolute Gasteiger partial charge is 0.0776 e. The Balaban J connectivity index is 2.81. The zero-order valence-electron chi connectivity index (χ0n) is 9.10. The molecule has 0 bridgehead atoms. The SMILES string of the molecule is CCC(OC)C(N)c1ccnn1CC. The molecule has 14 heavy (non-hydrogen) atoms. The van der Waals surface area contributed by atoms with Crippen molar-refractivity contribution < 1.29 is 4.74 Å². The normalized spacial score (nSPS) is 15.4. The van der Waals surface area contributed by atoms with E-state index in [2.05, 4.69) is 18.9 Å². The minimum atomic E-state index is -0.0903. The summed E-state index contributed by atoms with van der Waals surface area (Å²) in [6.07, 6.45) is 2.75. The fraction of sp³-hybridized carbons (Fsp3) is 0.700. The van der Waals surface area contributed by atoms with E-state index in [1.165, 1.54) is 0 Å². The standard InChI is InChI=1S/C10H19N3O/c1-4-9(14-3)10(11)8-6-7-12-13(8)5-2/h6-7,9-10H,4-5,11H2,1-3H3. The quantitative estimate of drug-likeness (QED) is 0.774. The van der Waals surface area contributed by atoms with E-state index < -0.39 is 0 Å². The number of hydrogen-bond acceptors (Lipinski definition) is 3. The first kappa shape index (κ1) is 11.2. The van der Waals surface area contributed by atoms with Crippen molar-refractivity contribution in [3.63, 3.8) is 0 Å². The summed E-state index contributed by atoms with van der Waals surface area (Å²) in [5.74, 6) is 0. The molecule has 0 radical (unpaired) electrons. The van der Waals surface area contributed by atoms with Gasteiger partial charge in [-0.2, -0.15) is 5.10 Å². The van der Waals surface area contributed by atoms with Gasteiger partial charge in [-0.05, 0) is 19.4 Å². The Labute approximate surface area is 85.0 Å². The van der Waals surface area contributed by atoms with Gasteiger partial charge in [0.25, 0.3) is 0 Å². The molecular weight excluding hydrogens is 178 g/mol. The van der Waals surface area contributed by atoms with Crippen molar-refractivity contribution in [1.82, 2.24) is 9.78 Å². The average Bonchev–Trinajstić information content (AvgIpc) is 2.67. The Morgan fingerprint density at radius 1 is 1.57 bits per heavy atom. The van der Waals surface area contributed by atoms with Crippen LogP contribution in [0.25, 0.3) is 0 Å². The number of aromatic nitrogens is 2. The molecule has 2 atom stereocenters. The summed E-state index contributed by atoms with van der Waals surface area (Å²) in [6.45, 7) is 4.97. The molecular formula is C10H19N3O. The summed E-state index contributed by atoms with van der Waals surface area (Å²) in [5, 5.41) is 4.19. The van der Waals surface area contributed by atoms with Crippen LogP contribution in [0.3, 0.4) is 0 Å². The number of methoxy groups -OCH3 is 1. The Bertz CT molecular complexity index is 268. The molecule has 1 aromatic rings. The zero-order valence-corrected chi connectivity index (χ0v) is 9.10. The van der Waals surface area contributed by atoms with Gasteiger partial charge in [-0.15, -0.1) is 0 Å². The number of rotatable bonds is 5. The molecule has 0 saturated carbocycles. The first-order valence-corrected chi connectivity index (χ1v) is 5.04. The third-order valence-corrected chi connectivity index (χ3v) is 2.50. The van der Waals surface area contributed by atoms with Gasteiger partial charge < -0.3 is 10.5 Å². The van der Waals surface area contributed by atoms with Gasteiger partial charge in [0.2, 0.25) is 0 Å². The molecule has 0 fully saturated rings. The van der Waals surface area contributed by atoms with Gasteiger partial charge in [0.05, 0.1) is 17.8 Å². The number of hydrogen-bond donors (Lipinski definition) is 1. The van der Waals surface area contributed by atoms with Crippen LogP contribution in [0.5, 0.6) is 0 Å². The largest absolute Gasteiger partial charge is 0.379 e. The molecule has 0 aromatic carbocycles. The van der Waals surface area contributed by atoms with Crippen molar-refractivity contribution in [3.8, 4) is 0 Å². The van der Waals surface area contributed by atoms with Gasteiger partial charge in [-0.25, -0.2) is 0 Å². The Hall–Kier alpha value is -0.870. The second-order valence-corrected chi connectivity index (χ2v) is 3.28. The lowest BCUT2D eigenvalue weighted by atomic mass is 10.1. The monoisotopic (exact) mass is 197 g/mol. The van der Waals surface area contributed by atoms with Gasteiger partial charge in [0, 0.05) is 19.9 Å². The fourth-order valence-corrected chi connectivity index (χ4v) is 1.65. The molecule has 4 nitrogen and oxygen atoms in total. The second-order valence-electron chi connectivity index (χ2n) is 3.28. The minimum Gasteiger partial charge on any atom is -0.379 e. The van der Waals surface area contributed by atoms with Crippen molar-refractivity contribution in [2.45, 2.75) is 39.0 Å². The molecule has 0 aliphatic carbocycles. The second kappa shape index (κ2) is 5.12. The lowest BCUT2D eigenvalue weighted by Gasteiger charge is -2.21. The van der Waals surface area contributed by atoms with Crippen LogP contribution in [0.2, 0.25) is 0 Å². The van der Waals surface area contributed by atoms with E-state index in [1.54, 1.807) is 13.3 Å². The maximum absolute atomic E-state index is 6.10. The minimum absolute atomic E-state index is 0.0667. The average molecular weight is 197 g/mol. The van der Waals surface area contributed by atoms with Crippen molar-refractivity contribution in [2.24, 2.45) is 5.73 Å². The Morgan fingerprint density at radius 2 is 2.29 bits per heavy atom. The summed E-state index contributed by atoms with van der Waals surface area (Å²) in [7, 11) is 1.70. The molecule has 1 heterocycles. The first-order chi connectivity index (χ1) is 6.74. The van der Waals surface area contributed by atoms with Crippen molar-refractivity contribution in [2.75, 3.05) is 7.11 Å². The van der Waals surface area contributed by atoms with E-state index in [9.17, 15) is 0 Å². The van der Waals surface area contributed by atoms with Gasteiger partial charge in [0.15, 0.2) is 0 Å². The third-order valence-electron chi connectivity index (χ3n) is 2.50. The highest BCUT2D eigenvalue weighted by Crippen LogP contribution is 2.18. The number of nitrogens with two attached hydrogens (primary N) is 1. The van der Waals surface area contributed by atoms with E-state index in [4.69, 9.17) is 10.5 Å². The summed E-state index contributed by atoms with van der Waals surface area (Å²) in [5.41, 5.74) is 7.14. The molecule has 2 N–H and O–H groups in total. The Kier molecular flexibility index (Phi) is 4.10. The van der Waals surface area contributed by atoms with E-state index in [-0.39, 0.29) is 12.1 Å². The van der Waals surface area contributed by atoms with Crippen molar-refractivity contribution in [1.29, 1.82) is 0 Å². The van der Waals surface area contributed by atoms with Crippen LogP contribution in [-0.2, 0) is 11.3 Å². The van der Waals surface area contributed by atoms with Crippen LogP contribution in [0, 0.1) is 0 Å². The molecule has 0 spiro atoms. The fourth-order valence-electron chi connectivity index (χ4n) is 1.65. The van der Waals surface area contributed by atoms with Gasteiger partial charge >= 0.3 is 0 Å². The topological polar surface area (TPSA) is 53.1 Å². The first-order valence-electron chi connectivity index (χ1n) is 5.04. The lowest BCUT2D eigenvalue weighted by Crippen LogP contribution is -2.29. The summed E-state index contributed by atoms with van der Waals surface area (Å²) < 4.78 is 7.23. The van der Waals surface area contributed by atoms with Crippen LogP contribution in [0.4, 0.5) is 0 Å². The van der Waals surface area contributed by atoms with E-state index >= 15 is 0 Å². The molecule has 0 amide bonds. The van der Waals surface area contributed by atoms with Crippen LogP contribution in [0.1, 0.15) is 32.0 Å². The van der Waals surface area contributed by atoms with Crippen LogP contribution < -0.4 is 5.73 Å². The maximum Gasteiger partial charge on any atom is 0.0776 e. The summed E-state index contributed by atoms with van der Waals surface area (Å²) in [6, 6.07) is 1.86. The predicted octanol–water partition coefficient (Wildman–Crippen LogP) is 1.33. The molecule has 1 rings (SSSR count). The lowest BCUT2D eigenvalue weighted by molar-refractivity contribution is 0.0747. The Morgan fingerprint density at radius 3 is 2.79 bits per heavy atom. The summed E-state index contributed by atoms with van der Waals surface area (Å²) in [4.78, 5) is 0. The zero-order chi connectivity index (χ0) is 10.6. The summed E-state index contributed by atoms with van der Waals surface area (Å²) >= 11 is 0. The molecule has 2 unspecified atom stereocenters. The molecule has 1 aromatic heterocycles. The highest BCUT2D eigenvalue weighted by Gasteiger charge is 2.20. The molecule has 0 saturated heterocycles. The number of aryl methyl sites for hydroxylation is 1. The van der Waals surface area contributed by atoms with Crippen molar-refractivity contribution >= 4 is 0 Å². The number of ether oxygens (including phenoxy) is 1. The van der Waals surface area contributed by atoms with Gasteiger partial charge in [-0.1, -0.05) is 6.92 Å². The van der Waals surface area contributed by atoms with Crippen LogP contribution in [-0.4, -0.2) is 23.0 Å². The molecule has 4 heteroatoms. The highest BCUT2D eigenvalue weighted by molar-refractivity contribution is 5.08. The van der Waals surface area contributed by atoms with Crippen LogP contribution in [0.15, 0.2) is 12.3 Å². The van der Waals surface area contributed by atoms with E-state index in [0.29, 0.717) is 0 Å². The number of nitrogens with zero attached hydrogens (tertiary/aromatic N) is 2. The van der Waals surface area contributed by atoms with E-state index in [1.807, 2.05) is 10.7 Å². The maximum atomic E-state index is 6.10. The highest BCUT2D eigenvalue weighted by atomic mass is 16.5. The van der Waals surface area contributed by atoms with Gasteiger partial charge in [-0.3, -0.25) is 4.68 Å². The third kappa shape index (κ3) is 2.13. The molecule has 0 aliphatic rings. The molecule has 80 valence electrons. The van der Waals surface area contributed by atoms with Crippen LogP contribution >= 0.6 is 0 Å². The molecule has 0 aliphatic heterocycles. The van der Waals surface area contributed by atoms with Gasteiger partial charge in [0.1, 0.15) is 0 Å². The van der Waals surface area contributed by atoms with Crippen molar-refractivity contribution in [3.05, 3.63) is 18.0 Å².